The molecule has 0 aliphatic heterocycles. The molecule has 0 aliphatic rings. The third-order valence-corrected chi connectivity index (χ3v) is 1.86. The minimum absolute atomic E-state index is 0.320. The first-order valence-electron chi connectivity index (χ1n) is 4.74. The Hall–Kier alpha value is -1.06. The van der Waals surface area contributed by atoms with Gasteiger partial charge in [0.15, 0.2) is 0 Å². The molecule has 1 radical (unpaired) electrons. The average Bonchev–Trinajstić information content (AvgIpc) is 2.18. The van der Waals surface area contributed by atoms with E-state index in [1.54, 1.807) is 13.0 Å². The van der Waals surface area contributed by atoms with E-state index >= 15 is 0 Å². The molecule has 1 aromatic carbocycles. The number of rotatable bonds is 5. The van der Waals surface area contributed by atoms with Crippen molar-refractivity contribution in [2.45, 2.75) is 26.0 Å². The summed E-state index contributed by atoms with van der Waals surface area (Å²) in [6, 6.07) is 8.49. The lowest BCUT2D eigenvalue weighted by atomic mass is 10.2. The number of benzene rings is 1. The molecule has 0 heterocycles. The van der Waals surface area contributed by atoms with Crippen LogP contribution in [0.5, 0.6) is 5.75 Å². The lowest BCUT2D eigenvalue weighted by molar-refractivity contribution is 0.155. The summed E-state index contributed by atoms with van der Waals surface area (Å²) in [7, 11) is 0. The van der Waals surface area contributed by atoms with Gasteiger partial charge in [0.25, 0.3) is 0 Å². The van der Waals surface area contributed by atoms with Crippen LogP contribution in [0, 0.1) is 6.07 Å². The molecule has 1 atom stereocenters. The SMILES string of the molecule is CC(O)CCOc1cc[c]c(CN)c1. The number of nitrogens with two attached hydrogens (primary N) is 1. The van der Waals surface area contributed by atoms with Crippen molar-refractivity contribution < 1.29 is 9.84 Å². The first-order valence-corrected chi connectivity index (χ1v) is 4.74. The molecule has 1 unspecified atom stereocenters. The molecule has 3 N–H and O–H groups in total. The van der Waals surface area contributed by atoms with Crippen molar-refractivity contribution in [3.05, 3.63) is 29.8 Å². The van der Waals surface area contributed by atoms with Gasteiger partial charge in [-0.1, -0.05) is 6.07 Å². The molecule has 0 bridgehead atoms. The van der Waals surface area contributed by atoms with Crippen LogP contribution in [0.2, 0.25) is 0 Å². The van der Waals surface area contributed by atoms with Crippen molar-refractivity contribution in [3.63, 3.8) is 0 Å². The predicted octanol–water partition coefficient (Wildman–Crippen LogP) is 1.10. The molecule has 0 fully saturated rings. The molecule has 3 nitrogen and oxygen atoms in total. The van der Waals surface area contributed by atoms with Gasteiger partial charge in [-0.25, -0.2) is 0 Å². The van der Waals surface area contributed by atoms with Crippen LogP contribution in [0.1, 0.15) is 18.9 Å². The highest BCUT2D eigenvalue weighted by Crippen LogP contribution is 2.12. The third kappa shape index (κ3) is 3.77. The van der Waals surface area contributed by atoms with Gasteiger partial charge in [-0.2, -0.15) is 0 Å². The number of hydrogen-bond donors (Lipinski definition) is 2. The fourth-order valence-corrected chi connectivity index (χ4v) is 1.05. The van der Waals surface area contributed by atoms with E-state index < -0.39 is 0 Å². The number of aliphatic hydroxyl groups excluding tert-OH is 1. The molecule has 0 amide bonds. The predicted molar refractivity (Wildman–Crippen MR) is 55.0 cm³/mol. The van der Waals surface area contributed by atoms with E-state index in [4.69, 9.17) is 15.6 Å². The van der Waals surface area contributed by atoms with Crippen molar-refractivity contribution in [2.75, 3.05) is 6.61 Å². The van der Waals surface area contributed by atoms with Gasteiger partial charge in [0.2, 0.25) is 0 Å². The van der Waals surface area contributed by atoms with Crippen LogP contribution in [-0.4, -0.2) is 17.8 Å². The summed E-state index contributed by atoms with van der Waals surface area (Å²) in [5.41, 5.74) is 6.40. The lowest BCUT2D eigenvalue weighted by Gasteiger charge is -2.08. The van der Waals surface area contributed by atoms with Gasteiger partial charge in [-0.05, 0) is 30.7 Å². The van der Waals surface area contributed by atoms with Gasteiger partial charge in [-0.3, -0.25) is 0 Å². The fourth-order valence-electron chi connectivity index (χ4n) is 1.05. The summed E-state index contributed by atoms with van der Waals surface area (Å²) in [6.45, 7) is 2.73. The Labute approximate surface area is 84.5 Å². The maximum absolute atomic E-state index is 9.02. The molecular formula is C11H16NO2. The maximum Gasteiger partial charge on any atom is 0.119 e. The summed E-state index contributed by atoms with van der Waals surface area (Å²) in [5, 5.41) is 9.02. The van der Waals surface area contributed by atoms with Crippen molar-refractivity contribution >= 4 is 0 Å². The zero-order chi connectivity index (χ0) is 10.4. The Kier molecular flexibility index (Phi) is 4.43. The highest BCUT2D eigenvalue weighted by molar-refractivity contribution is 5.27. The summed E-state index contributed by atoms with van der Waals surface area (Å²) in [5.74, 6) is 0.782. The van der Waals surface area contributed by atoms with Crippen LogP contribution in [-0.2, 0) is 6.54 Å². The van der Waals surface area contributed by atoms with E-state index in [1.807, 2.05) is 12.1 Å². The van der Waals surface area contributed by atoms with E-state index in [0.717, 1.165) is 11.3 Å². The van der Waals surface area contributed by atoms with E-state index in [-0.39, 0.29) is 6.10 Å². The zero-order valence-corrected chi connectivity index (χ0v) is 8.36. The summed E-state index contributed by atoms with van der Waals surface area (Å²) in [6.07, 6.45) is 0.315. The topological polar surface area (TPSA) is 55.5 Å². The highest BCUT2D eigenvalue weighted by atomic mass is 16.5. The lowest BCUT2D eigenvalue weighted by Crippen LogP contribution is -2.07. The molecule has 0 aromatic heterocycles. The second kappa shape index (κ2) is 5.62. The number of hydrogen-bond acceptors (Lipinski definition) is 3. The van der Waals surface area contributed by atoms with Crippen molar-refractivity contribution in [1.82, 2.24) is 0 Å². The Morgan fingerprint density at radius 2 is 2.43 bits per heavy atom. The van der Waals surface area contributed by atoms with Crippen molar-refractivity contribution in [2.24, 2.45) is 5.73 Å². The number of ether oxygens (including phenoxy) is 1. The molecule has 1 aromatic rings. The molecule has 0 saturated heterocycles. The Bertz CT molecular complexity index is 274. The van der Waals surface area contributed by atoms with E-state index in [1.165, 1.54) is 0 Å². The molecule has 3 heteroatoms. The minimum atomic E-state index is -0.320. The molecule has 1 rings (SSSR count). The monoisotopic (exact) mass is 194 g/mol. The molecule has 0 aliphatic carbocycles. The smallest absolute Gasteiger partial charge is 0.119 e. The molecule has 0 spiro atoms. The van der Waals surface area contributed by atoms with Crippen LogP contribution >= 0.6 is 0 Å². The summed E-state index contributed by atoms with van der Waals surface area (Å²) < 4.78 is 5.42. The summed E-state index contributed by atoms with van der Waals surface area (Å²) in [4.78, 5) is 0. The normalized spacial score (nSPS) is 12.5. The molecule has 0 saturated carbocycles. The molecule has 77 valence electrons. The standard InChI is InChI=1S/C11H16NO2/c1-9(13)5-6-14-11-4-2-3-10(7-11)8-12/h2,4,7,9,13H,5-6,8,12H2,1H3. The van der Waals surface area contributed by atoms with Gasteiger partial charge < -0.3 is 15.6 Å². The van der Waals surface area contributed by atoms with Crippen LogP contribution in [0.25, 0.3) is 0 Å². The van der Waals surface area contributed by atoms with E-state index in [0.29, 0.717) is 19.6 Å². The van der Waals surface area contributed by atoms with E-state index in [9.17, 15) is 0 Å². The Balaban J connectivity index is 2.42. The largest absolute Gasteiger partial charge is 0.493 e. The highest BCUT2D eigenvalue weighted by Gasteiger charge is 1.98. The second-order valence-electron chi connectivity index (χ2n) is 3.24. The van der Waals surface area contributed by atoms with Crippen LogP contribution in [0.4, 0.5) is 0 Å². The van der Waals surface area contributed by atoms with Gasteiger partial charge in [0.05, 0.1) is 12.7 Å². The quantitative estimate of drug-likeness (QED) is 0.738. The zero-order valence-electron chi connectivity index (χ0n) is 8.36. The third-order valence-electron chi connectivity index (χ3n) is 1.86. The van der Waals surface area contributed by atoms with Gasteiger partial charge >= 0.3 is 0 Å². The first-order chi connectivity index (χ1) is 6.72. The molecule has 14 heavy (non-hydrogen) atoms. The number of aliphatic hydroxyl groups is 1. The van der Waals surface area contributed by atoms with Crippen LogP contribution in [0.15, 0.2) is 18.2 Å². The maximum atomic E-state index is 9.02. The average molecular weight is 194 g/mol. The van der Waals surface area contributed by atoms with Gasteiger partial charge in [0.1, 0.15) is 5.75 Å². The van der Waals surface area contributed by atoms with Gasteiger partial charge in [-0.15, -0.1) is 0 Å². The van der Waals surface area contributed by atoms with Crippen LogP contribution in [0.3, 0.4) is 0 Å². The Morgan fingerprint density at radius 1 is 1.64 bits per heavy atom. The molecular weight excluding hydrogens is 178 g/mol. The van der Waals surface area contributed by atoms with Crippen molar-refractivity contribution in [1.29, 1.82) is 0 Å². The fraction of sp³-hybridized carbons (Fsp3) is 0.455. The minimum Gasteiger partial charge on any atom is -0.493 e. The summed E-state index contributed by atoms with van der Waals surface area (Å²) >= 11 is 0. The van der Waals surface area contributed by atoms with Crippen LogP contribution < -0.4 is 10.5 Å². The van der Waals surface area contributed by atoms with E-state index in [2.05, 4.69) is 6.07 Å². The van der Waals surface area contributed by atoms with Crippen molar-refractivity contribution in [3.8, 4) is 5.75 Å². The second-order valence-corrected chi connectivity index (χ2v) is 3.24. The van der Waals surface area contributed by atoms with Gasteiger partial charge in [0, 0.05) is 13.0 Å². The first kappa shape index (κ1) is 11.0. The Morgan fingerprint density at radius 3 is 3.07 bits per heavy atom.